The Hall–Kier alpha value is -1.60. The van der Waals surface area contributed by atoms with Crippen molar-refractivity contribution in [1.29, 1.82) is 0 Å². The highest BCUT2D eigenvalue weighted by Crippen LogP contribution is 2.20. The summed E-state index contributed by atoms with van der Waals surface area (Å²) in [5.74, 6) is 0.317. The summed E-state index contributed by atoms with van der Waals surface area (Å²) in [5.41, 5.74) is 0.501. The highest BCUT2D eigenvalue weighted by molar-refractivity contribution is 5.96. The predicted octanol–water partition coefficient (Wildman–Crippen LogP) is -0.169. The molecule has 1 fully saturated rings. The van der Waals surface area contributed by atoms with Gasteiger partial charge >= 0.3 is 0 Å². The quantitative estimate of drug-likeness (QED) is 0.767. The van der Waals surface area contributed by atoms with E-state index in [-0.39, 0.29) is 11.9 Å². The lowest BCUT2D eigenvalue weighted by molar-refractivity contribution is -0.00844. The molecule has 1 saturated heterocycles. The van der Waals surface area contributed by atoms with Crippen molar-refractivity contribution in [2.75, 3.05) is 47.5 Å². The van der Waals surface area contributed by atoms with Crippen LogP contribution in [-0.4, -0.2) is 79.0 Å². The molecule has 2 heterocycles. The summed E-state index contributed by atoms with van der Waals surface area (Å²) in [5, 5.41) is 4.14. The van der Waals surface area contributed by atoms with E-state index in [9.17, 15) is 4.79 Å². The predicted molar refractivity (Wildman–Crippen MR) is 74.0 cm³/mol. The lowest BCUT2D eigenvalue weighted by atomic mass is 10.1. The molecule has 2 rings (SSSR count). The molecule has 7 nitrogen and oxygen atoms in total. The second kappa shape index (κ2) is 6.23. The number of hydrogen-bond acceptors (Lipinski definition) is 5. The topological polar surface area (TPSA) is 59.8 Å². The maximum atomic E-state index is 12.7. The Morgan fingerprint density at radius 2 is 2.35 bits per heavy atom. The van der Waals surface area contributed by atoms with E-state index in [1.54, 1.807) is 17.9 Å². The molecule has 20 heavy (non-hydrogen) atoms. The molecular weight excluding hydrogens is 260 g/mol. The molecule has 0 bridgehead atoms. The van der Waals surface area contributed by atoms with Crippen LogP contribution in [0.4, 0.5) is 0 Å². The van der Waals surface area contributed by atoms with Crippen LogP contribution in [0.2, 0.25) is 0 Å². The van der Waals surface area contributed by atoms with Crippen molar-refractivity contribution in [3.8, 4) is 5.88 Å². The summed E-state index contributed by atoms with van der Waals surface area (Å²) < 4.78 is 12.3. The molecule has 0 N–H and O–H groups in total. The average molecular weight is 282 g/mol. The Kier molecular flexibility index (Phi) is 4.61. The van der Waals surface area contributed by atoms with E-state index < -0.39 is 0 Å². The van der Waals surface area contributed by atoms with E-state index in [4.69, 9.17) is 9.47 Å². The summed E-state index contributed by atoms with van der Waals surface area (Å²) in [7, 11) is 7.27. The van der Waals surface area contributed by atoms with Gasteiger partial charge in [-0.05, 0) is 14.1 Å². The van der Waals surface area contributed by atoms with Gasteiger partial charge in [-0.1, -0.05) is 0 Å². The number of carbonyl (C=O) groups excluding carboxylic acids is 1. The maximum Gasteiger partial charge on any atom is 0.261 e. The average Bonchev–Trinajstić information content (AvgIpc) is 2.79. The van der Waals surface area contributed by atoms with Crippen LogP contribution in [0.15, 0.2) is 6.20 Å². The Morgan fingerprint density at radius 3 is 3.00 bits per heavy atom. The number of aryl methyl sites for hydroxylation is 1. The number of morpholine rings is 1. The SMILES string of the molecule is COc1nn(C)cc1C(=O)N1CCOC[C@H]1CN(C)C. The van der Waals surface area contributed by atoms with Gasteiger partial charge in [0.05, 0.1) is 26.4 Å². The minimum atomic E-state index is -0.0508. The van der Waals surface area contributed by atoms with Crippen LogP contribution in [0.5, 0.6) is 5.88 Å². The molecule has 0 radical (unpaired) electrons. The number of amides is 1. The molecule has 7 heteroatoms. The first kappa shape index (κ1) is 14.8. The van der Waals surface area contributed by atoms with Gasteiger partial charge in [0.2, 0.25) is 5.88 Å². The largest absolute Gasteiger partial charge is 0.479 e. The second-order valence-electron chi connectivity index (χ2n) is 5.22. The van der Waals surface area contributed by atoms with Gasteiger partial charge in [-0.3, -0.25) is 9.48 Å². The Balaban J connectivity index is 2.20. The molecule has 1 aromatic heterocycles. The van der Waals surface area contributed by atoms with Crippen LogP contribution in [0.25, 0.3) is 0 Å². The lowest BCUT2D eigenvalue weighted by Crippen LogP contribution is -2.52. The molecule has 1 atom stereocenters. The summed E-state index contributed by atoms with van der Waals surface area (Å²) in [6, 6.07) is 0.0520. The molecule has 0 aliphatic carbocycles. The van der Waals surface area contributed by atoms with Crippen molar-refractivity contribution in [2.24, 2.45) is 7.05 Å². The first-order valence-electron chi connectivity index (χ1n) is 6.64. The van der Waals surface area contributed by atoms with Crippen LogP contribution >= 0.6 is 0 Å². The zero-order valence-electron chi connectivity index (χ0n) is 12.5. The molecule has 1 aliphatic heterocycles. The number of nitrogens with zero attached hydrogens (tertiary/aromatic N) is 4. The van der Waals surface area contributed by atoms with Crippen molar-refractivity contribution in [3.63, 3.8) is 0 Å². The molecule has 112 valence electrons. The van der Waals surface area contributed by atoms with Gasteiger partial charge in [-0.15, -0.1) is 5.10 Å². The summed E-state index contributed by atoms with van der Waals surface area (Å²) in [4.78, 5) is 16.6. The number of hydrogen-bond donors (Lipinski definition) is 0. The summed E-state index contributed by atoms with van der Waals surface area (Å²) in [6.45, 7) is 2.49. The zero-order chi connectivity index (χ0) is 14.7. The van der Waals surface area contributed by atoms with Gasteiger partial charge in [0.25, 0.3) is 5.91 Å². The highest BCUT2D eigenvalue weighted by Gasteiger charge is 2.31. The third kappa shape index (κ3) is 3.10. The number of carbonyl (C=O) groups is 1. The zero-order valence-corrected chi connectivity index (χ0v) is 12.5. The van der Waals surface area contributed by atoms with Crippen molar-refractivity contribution >= 4 is 5.91 Å². The monoisotopic (exact) mass is 282 g/mol. The van der Waals surface area contributed by atoms with Gasteiger partial charge in [0.1, 0.15) is 5.56 Å². The lowest BCUT2D eigenvalue weighted by Gasteiger charge is -2.36. The van der Waals surface area contributed by atoms with Crippen molar-refractivity contribution in [3.05, 3.63) is 11.8 Å². The van der Waals surface area contributed by atoms with Crippen LogP contribution in [0.1, 0.15) is 10.4 Å². The standard InChI is InChI=1S/C13H22N4O3/c1-15(2)7-10-9-20-6-5-17(10)13(18)11-8-16(3)14-12(11)19-4/h8,10H,5-7,9H2,1-4H3/t10-/m1/s1. The highest BCUT2D eigenvalue weighted by atomic mass is 16.5. The fourth-order valence-corrected chi connectivity index (χ4v) is 2.42. The maximum absolute atomic E-state index is 12.7. The first-order valence-corrected chi connectivity index (χ1v) is 6.64. The van der Waals surface area contributed by atoms with E-state index in [0.29, 0.717) is 31.2 Å². The Labute approximate surface area is 119 Å². The molecule has 1 aromatic rings. The van der Waals surface area contributed by atoms with E-state index in [0.717, 1.165) is 6.54 Å². The van der Waals surface area contributed by atoms with E-state index in [1.807, 2.05) is 19.0 Å². The third-order valence-corrected chi connectivity index (χ3v) is 3.28. The van der Waals surface area contributed by atoms with E-state index in [1.165, 1.54) is 7.11 Å². The number of likely N-dealkylation sites (N-methyl/N-ethyl adjacent to an activating group) is 1. The Morgan fingerprint density at radius 1 is 1.60 bits per heavy atom. The number of rotatable bonds is 4. The molecule has 0 spiro atoms. The smallest absolute Gasteiger partial charge is 0.261 e. The normalized spacial score (nSPS) is 19.4. The third-order valence-electron chi connectivity index (χ3n) is 3.28. The molecule has 1 aliphatic rings. The number of methoxy groups -OCH3 is 1. The van der Waals surface area contributed by atoms with Gasteiger partial charge in [-0.25, -0.2) is 0 Å². The molecule has 0 aromatic carbocycles. The minimum absolute atomic E-state index is 0.0508. The van der Waals surface area contributed by atoms with Gasteiger partial charge < -0.3 is 19.3 Å². The molecule has 0 unspecified atom stereocenters. The van der Waals surface area contributed by atoms with Gasteiger partial charge in [0.15, 0.2) is 0 Å². The fraction of sp³-hybridized carbons (Fsp3) is 0.692. The molecular formula is C13H22N4O3. The van der Waals surface area contributed by atoms with Gasteiger partial charge in [0, 0.05) is 26.3 Å². The fourth-order valence-electron chi connectivity index (χ4n) is 2.42. The van der Waals surface area contributed by atoms with Crippen LogP contribution in [0.3, 0.4) is 0 Å². The number of ether oxygens (including phenoxy) is 2. The van der Waals surface area contributed by atoms with Crippen LogP contribution in [0, 0.1) is 0 Å². The van der Waals surface area contributed by atoms with Gasteiger partial charge in [-0.2, -0.15) is 0 Å². The first-order chi connectivity index (χ1) is 9.52. The number of aromatic nitrogens is 2. The second-order valence-corrected chi connectivity index (χ2v) is 5.22. The van der Waals surface area contributed by atoms with Crippen LogP contribution < -0.4 is 4.74 Å². The summed E-state index contributed by atoms with van der Waals surface area (Å²) in [6.07, 6.45) is 1.70. The van der Waals surface area contributed by atoms with Crippen molar-refractivity contribution in [2.45, 2.75) is 6.04 Å². The Bertz CT molecular complexity index is 472. The van der Waals surface area contributed by atoms with Crippen LogP contribution in [-0.2, 0) is 11.8 Å². The van der Waals surface area contributed by atoms with E-state index >= 15 is 0 Å². The van der Waals surface area contributed by atoms with E-state index in [2.05, 4.69) is 10.00 Å². The minimum Gasteiger partial charge on any atom is -0.479 e. The van der Waals surface area contributed by atoms with Crippen molar-refractivity contribution in [1.82, 2.24) is 19.6 Å². The van der Waals surface area contributed by atoms with Crippen molar-refractivity contribution < 1.29 is 14.3 Å². The molecule has 1 amide bonds. The summed E-state index contributed by atoms with van der Waals surface area (Å²) >= 11 is 0. The molecule has 0 saturated carbocycles.